The van der Waals surface area contributed by atoms with Crippen molar-refractivity contribution in [3.63, 3.8) is 0 Å². The third-order valence-electron chi connectivity index (χ3n) is 7.83. The Kier molecular flexibility index (Phi) is 5.01. The van der Waals surface area contributed by atoms with Crippen LogP contribution in [0.1, 0.15) is 87.8 Å². The molecule has 0 saturated heterocycles. The number of carbonyl (C=O) groups is 1. The number of pyridine rings is 2. The second-order valence-corrected chi connectivity index (χ2v) is 10.7. The van der Waals surface area contributed by atoms with Crippen LogP contribution in [0, 0.1) is 12.8 Å². The predicted octanol–water partition coefficient (Wildman–Crippen LogP) is 4.61. The molecule has 3 atom stereocenters. The van der Waals surface area contributed by atoms with Crippen LogP contribution in [0.3, 0.4) is 0 Å². The summed E-state index contributed by atoms with van der Waals surface area (Å²) in [5, 5.41) is 12.1. The molecule has 0 saturated carbocycles. The van der Waals surface area contributed by atoms with Crippen molar-refractivity contribution >= 4 is 16.9 Å². The van der Waals surface area contributed by atoms with Crippen molar-refractivity contribution in [2.24, 2.45) is 5.92 Å². The van der Waals surface area contributed by atoms with Crippen LogP contribution in [0.2, 0.25) is 0 Å². The lowest BCUT2D eigenvalue weighted by Gasteiger charge is -2.34. The van der Waals surface area contributed by atoms with Gasteiger partial charge in [-0.25, -0.2) is 9.78 Å². The van der Waals surface area contributed by atoms with Crippen LogP contribution >= 0.6 is 0 Å². The summed E-state index contributed by atoms with van der Waals surface area (Å²) in [6.07, 6.45) is 0.0838. The van der Waals surface area contributed by atoms with Crippen LogP contribution in [-0.4, -0.2) is 46.1 Å². The molecule has 2 aliphatic rings. The van der Waals surface area contributed by atoms with E-state index in [4.69, 9.17) is 21.3 Å². The molecule has 1 N–H and O–H groups in total. The number of hydrogen-bond donors (Lipinski definition) is 1. The first-order valence-corrected chi connectivity index (χ1v) is 12.8. The van der Waals surface area contributed by atoms with Crippen molar-refractivity contribution in [2.75, 3.05) is 20.6 Å². The second-order valence-electron chi connectivity index (χ2n) is 10.7. The summed E-state index contributed by atoms with van der Waals surface area (Å²) in [4.78, 5) is 32.5. The Labute approximate surface area is 230 Å². The Hall–Kier alpha value is -3.23. The maximum Gasteiger partial charge on any atom is 0.343 e. The smallest absolute Gasteiger partial charge is 0.343 e. The fourth-order valence-electron chi connectivity index (χ4n) is 6.04. The lowest BCUT2D eigenvalue weighted by Crippen LogP contribution is -2.45. The van der Waals surface area contributed by atoms with Gasteiger partial charge in [-0.15, -0.1) is 0 Å². The summed E-state index contributed by atoms with van der Waals surface area (Å²) < 4.78 is 53.6. The molecule has 0 aliphatic carbocycles. The fraction of sp³-hybridized carbons (Fsp3) is 0.500. The molecule has 0 fully saturated rings. The van der Waals surface area contributed by atoms with Crippen LogP contribution in [0.15, 0.2) is 23.0 Å². The summed E-state index contributed by atoms with van der Waals surface area (Å²) in [5.74, 6) is -0.424. The summed E-state index contributed by atoms with van der Waals surface area (Å²) >= 11 is 0. The van der Waals surface area contributed by atoms with Gasteiger partial charge in [0.2, 0.25) is 0 Å². The number of benzene rings is 1. The van der Waals surface area contributed by atoms with E-state index >= 15 is 0 Å². The van der Waals surface area contributed by atoms with Gasteiger partial charge in [0.1, 0.15) is 12.4 Å². The van der Waals surface area contributed by atoms with Gasteiger partial charge >= 0.3 is 5.97 Å². The number of esters is 1. The van der Waals surface area contributed by atoms with E-state index < -0.39 is 37.1 Å². The van der Waals surface area contributed by atoms with Crippen molar-refractivity contribution in [2.45, 2.75) is 72.3 Å². The summed E-state index contributed by atoms with van der Waals surface area (Å²) in [5.41, 5.74) is 1.40. The molecule has 202 valence electrons. The number of aliphatic hydroxyl groups is 1. The van der Waals surface area contributed by atoms with E-state index in [1.54, 1.807) is 30.5 Å². The Morgan fingerprint density at radius 3 is 2.71 bits per heavy atom. The minimum Gasteiger partial charge on any atom is -0.496 e. The Morgan fingerprint density at radius 2 is 2.08 bits per heavy atom. The minimum absolute atomic E-state index is 0.0603. The van der Waals surface area contributed by atoms with Gasteiger partial charge in [-0.2, -0.15) is 0 Å². The van der Waals surface area contributed by atoms with Crippen LogP contribution < -0.4 is 10.3 Å². The van der Waals surface area contributed by atoms with Crippen molar-refractivity contribution < 1.29 is 26.2 Å². The van der Waals surface area contributed by atoms with Gasteiger partial charge in [-0.1, -0.05) is 20.8 Å². The molecule has 2 unspecified atom stereocenters. The van der Waals surface area contributed by atoms with Crippen molar-refractivity contribution in [3.05, 3.63) is 56.4 Å². The number of nitrogens with zero attached hydrogens (tertiary/aromatic N) is 3. The van der Waals surface area contributed by atoms with E-state index in [0.29, 0.717) is 44.7 Å². The highest BCUT2D eigenvalue weighted by molar-refractivity contribution is 5.91. The third-order valence-corrected chi connectivity index (χ3v) is 7.83. The van der Waals surface area contributed by atoms with Crippen LogP contribution in [0.4, 0.5) is 0 Å². The number of ether oxygens (including phenoxy) is 2. The van der Waals surface area contributed by atoms with E-state index in [9.17, 15) is 14.7 Å². The Bertz CT molecular complexity index is 1700. The first-order valence-electron chi connectivity index (χ1n) is 15.3. The van der Waals surface area contributed by atoms with E-state index in [0.717, 1.165) is 4.90 Å². The fourth-order valence-corrected chi connectivity index (χ4v) is 6.04. The van der Waals surface area contributed by atoms with Gasteiger partial charge < -0.3 is 14.6 Å². The van der Waals surface area contributed by atoms with E-state index in [1.807, 2.05) is 26.8 Å². The van der Waals surface area contributed by atoms with Crippen molar-refractivity contribution in [3.8, 4) is 17.1 Å². The SMILES string of the molecule is [2H]C([2H])([2H])N(C(C)c1c(OC)c(C)cc2nc3c(cc12)C(C)n1c-3cc2c(c1=O)COC(=O)[C@]2(O)CC(C)C)C([2H])([2H])C. The maximum atomic E-state index is 13.9. The zero-order chi connectivity index (χ0) is 32.0. The van der Waals surface area contributed by atoms with Gasteiger partial charge in [0.25, 0.3) is 5.56 Å². The number of fused-ring (bicyclic) bond motifs is 5. The molecule has 2 aliphatic heterocycles. The van der Waals surface area contributed by atoms with Crippen LogP contribution in [0.5, 0.6) is 5.75 Å². The molecule has 2 aromatic heterocycles. The number of cyclic esters (lactones) is 1. The van der Waals surface area contributed by atoms with Gasteiger partial charge in [0, 0.05) is 35.0 Å². The molecule has 5 rings (SSSR count). The van der Waals surface area contributed by atoms with Crippen LogP contribution in [0.25, 0.3) is 22.3 Å². The Balaban J connectivity index is 1.79. The van der Waals surface area contributed by atoms with Crippen LogP contribution in [-0.2, 0) is 21.7 Å². The quantitative estimate of drug-likeness (QED) is 0.471. The second kappa shape index (κ2) is 9.20. The molecular weight excluding hydrogens is 482 g/mol. The maximum absolute atomic E-state index is 13.9. The molecule has 8 nitrogen and oxygen atoms in total. The number of aromatic nitrogens is 2. The molecule has 0 spiro atoms. The number of aryl methyl sites for hydroxylation is 1. The number of methoxy groups -OCH3 is 1. The molecule has 0 amide bonds. The lowest BCUT2D eigenvalue weighted by atomic mass is 9.82. The monoisotopic (exact) mass is 524 g/mol. The van der Waals surface area contributed by atoms with Gasteiger partial charge in [0.15, 0.2) is 5.60 Å². The normalized spacial score (nSPS) is 23.6. The number of hydrogen-bond acceptors (Lipinski definition) is 7. The van der Waals surface area contributed by atoms with Gasteiger partial charge in [-0.3, -0.25) is 14.3 Å². The predicted molar refractivity (Wildman–Crippen MR) is 146 cm³/mol. The van der Waals surface area contributed by atoms with Gasteiger partial charge in [0.05, 0.1) is 35.6 Å². The zero-order valence-corrected chi connectivity index (χ0v) is 22.8. The summed E-state index contributed by atoms with van der Waals surface area (Å²) in [7, 11) is 1.48. The topological polar surface area (TPSA) is 93.9 Å². The Morgan fingerprint density at radius 1 is 1.34 bits per heavy atom. The summed E-state index contributed by atoms with van der Waals surface area (Å²) in [6.45, 7) is 5.03. The first-order chi connectivity index (χ1) is 19.8. The third kappa shape index (κ3) is 3.68. The summed E-state index contributed by atoms with van der Waals surface area (Å²) in [6, 6.07) is 3.89. The van der Waals surface area contributed by atoms with E-state index in [-0.39, 0.29) is 35.6 Å². The average Bonchev–Trinajstić information content (AvgIpc) is 3.13. The number of rotatable bonds is 6. The molecule has 38 heavy (non-hydrogen) atoms. The number of carbonyl (C=O) groups excluding carboxylic acids is 1. The molecule has 8 heteroatoms. The highest BCUT2D eigenvalue weighted by Crippen LogP contribution is 2.45. The van der Waals surface area contributed by atoms with E-state index in [1.165, 1.54) is 14.0 Å². The molecule has 0 radical (unpaired) electrons. The van der Waals surface area contributed by atoms with E-state index in [2.05, 4.69) is 0 Å². The average molecular weight is 525 g/mol. The lowest BCUT2D eigenvalue weighted by molar-refractivity contribution is -0.174. The zero-order valence-electron chi connectivity index (χ0n) is 27.8. The van der Waals surface area contributed by atoms with Gasteiger partial charge in [-0.05, 0) is 70.3 Å². The first kappa shape index (κ1) is 20.7. The minimum atomic E-state index is -2.76. The highest BCUT2D eigenvalue weighted by Gasteiger charge is 2.47. The standard InChI is InChI=1S/C30H37N3O5/c1-9-32(7)18(6)25-20-11-19-17(5)33-24(26(19)31-23(20)10-16(4)27(25)37-8)12-22-21(28(33)34)14-38-29(35)30(22,36)13-15(2)3/h10-12,15,17-18,36H,9,13-14H2,1-8H3/t17?,18?,30-/m0/s1/i7D3,9D2. The molecule has 0 bridgehead atoms. The molecular formula is C30H37N3O5. The molecule has 3 aromatic rings. The molecule has 4 heterocycles. The molecule has 1 aromatic carbocycles. The largest absolute Gasteiger partial charge is 0.496 e. The highest BCUT2D eigenvalue weighted by atomic mass is 16.6. The van der Waals surface area contributed by atoms with Crippen molar-refractivity contribution in [1.82, 2.24) is 14.5 Å². The van der Waals surface area contributed by atoms with Crippen molar-refractivity contribution in [1.29, 1.82) is 0 Å².